The van der Waals surface area contributed by atoms with Crippen LogP contribution in [0.3, 0.4) is 0 Å². The fourth-order valence-corrected chi connectivity index (χ4v) is 3.03. The second kappa shape index (κ2) is 7.53. The highest BCUT2D eigenvalue weighted by atomic mass is 35.5. The number of likely N-dealkylation sites (tertiary alicyclic amines) is 1. The summed E-state index contributed by atoms with van der Waals surface area (Å²) >= 11 is 6.20. The number of halogens is 1. The molecule has 2 amide bonds. The Labute approximate surface area is 148 Å². The largest absolute Gasteiger partial charge is 0.338 e. The van der Waals surface area contributed by atoms with Crippen LogP contribution in [0.5, 0.6) is 0 Å². The first kappa shape index (κ1) is 18.7. The lowest BCUT2D eigenvalue weighted by molar-refractivity contribution is -0.117. The van der Waals surface area contributed by atoms with E-state index < -0.39 is 0 Å². The van der Waals surface area contributed by atoms with Crippen LogP contribution in [0.4, 0.5) is 5.69 Å². The van der Waals surface area contributed by atoms with Crippen molar-refractivity contribution in [3.63, 3.8) is 0 Å². The summed E-state index contributed by atoms with van der Waals surface area (Å²) in [6.07, 6.45) is 1.32. The molecule has 1 aliphatic rings. The maximum absolute atomic E-state index is 12.7. The van der Waals surface area contributed by atoms with E-state index in [9.17, 15) is 9.59 Å². The first-order valence-corrected chi connectivity index (χ1v) is 8.66. The van der Waals surface area contributed by atoms with Crippen LogP contribution >= 0.6 is 11.6 Å². The predicted octanol–water partition coefficient (Wildman–Crippen LogP) is 3.14. The van der Waals surface area contributed by atoms with Gasteiger partial charge in [0.05, 0.1) is 10.6 Å². The number of benzene rings is 1. The molecular formula is C18H26ClN3O2. The van der Waals surface area contributed by atoms with Crippen LogP contribution in [-0.4, -0.2) is 36.3 Å². The number of nitrogens with two attached hydrogens (primary N) is 1. The molecule has 0 aromatic heterocycles. The lowest BCUT2D eigenvalue weighted by Crippen LogP contribution is -2.30. The van der Waals surface area contributed by atoms with Crippen molar-refractivity contribution >= 4 is 29.1 Å². The van der Waals surface area contributed by atoms with Gasteiger partial charge in [-0.15, -0.1) is 0 Å². The third-order valence-electron chi connectivity index (χ3n) is 4.08. The molecule has 0 bridgehead atoms. The van der Waals surface area contributed by atoms with Gasteiger partial charge in [0.15, 0.2) is 0 Å². The molecule has 1 heterocycles. The maximum atomic E-state index is 12.7. The highest BCUT2D eigenvalue weighted by Crippen LogP contribution is 2.26. The number of hydrogen-bond donors (Lipinski definition) is 2. The number of carbonyl (C=O) groups excluding carboxylic acids is 2. The smallest absolute Gasteiger partial charge is 0.255 e. The van der Waals surface area contributed by atoms with E-state index in [1.165, 1.54) is 0 Å². The van der Waals surface area contributed by atoms with Crippen molar-refractivity contribution in [1.29, 1.82) is 0 Å². The summed E-state index contributed by atoms with van der Waals surface area (Å²) in [6.45, 7) is 7.95. The zero-order valence-corrected chi connectivity index (χ0v) is 15.3. The number of carbonyl (C=O) groups is 2. The van der Waals surface area contributed by atoms with Gasteiger partial charge in [0, 0.05) is 25.2 Å². The summed E-state index contributed by atoms with van der Waals surface area (Å²) in [6, 6.07) is 5.02. The number of rotatable bonds is 4. The van der Waals surface area contributed by atoms with E-state index >= 15 is 0 Å². The molecule has 0 aliphatic carbocycles. The average molecular weight is 352 g/mol. The number of anilines is 1. The Bertz CT molecular complexity index is 625. The Morgan fingerprint density at radius 2 is 2.08 bits per heavy atom. The summed E-state index contributed by atoms with van der Waals surface area (Å²) in [5.41, 5.74) is 6.60. The number of hydrogen-bond acceptors (Lipinski definition) is 3. The van der Waals surface area contributed by atoms with E-state index in [0.29, 0.717) is 48.2 Å². The van der Waals surface area contributed by atoms with E-state index in [1.807, 2.05) is 20.8 Å². The summed E-state index contributed by atoms with van der Waals surface area (Å²) in [4.78, 5) is 26.5. The fraction of sp³-hybridized carbons (Fsp3) is 0.556. The van der Waals surface area contributed by atoms with E-state index in [1.54, 1.807) is 23.1 Å². The van der Waals surface area contributed by atoms with Crippen molar-refractivity contribution in [1.82, 2.24) is 4.90 Å². The second-order valence-corrected chi connectivity index (χ2v) is 8.03. The van der Waals surface area contributed by atoms with Crippen LogP contribution in [0.2, 0.25) is 5.02 Å². The first-order chi connectivity index (χ1) is 11.2. The van der Waals surface area contributed by atoms with Crippen LogP contribution < -0.4 is 11.1 Å². The molecule has 3 N–H and O–H groups in total. The third kappa shape index (κ3) is 4.95. The maximum Gasteiger partial charge on any atom is 0.255 e. The fourth-order valence-electron chi connectivity index (χ4n) is 2.83. The molecule has 1 aromatic carbocycles. The molecule has 0 radical (unpaired) electrons. The summed E-state index contributed by atoms with van der Waals surface area (Å²) in [5.74, 6) is 0.165. The van der Waals surface area contributed by atoms with Crippen LogP contribution in [0, 0.1) is 11.3 Å². The van der Waals surface area contributed by atoms with Gasteiger partial charge in [0.25, 0.3) is 5.91 Å². The molecule has 1 aromatic rings. The van der Waals surface area contributed by atoms with Gasteiger partial charge in [-0.25, -0.2) is 0 Å². The van der Waals surface area contributed by atoms with Crippen molar-refractivity contribution in [3.05, 3.63) is 28.8 Å². The molecule has 24 heavy (non-hydrogen) atoms. The zero-order valence-electron chi connectivity index (χ0n) is 14.6. The van der Waals surface area contributed by atoms with E-state index in [2.05, 4.69) is 5.32 Å². The SMILES string of the molecule is CC(C)(C)CC(=O)Nc1ccc(Cl)c(C(=O)N2CCC(CN)C2)c1. The van der Waals surface area contributed by atoms with Gasteiger partial charge in [-0.2, -0.15) is 0 Å². The molecular weight excluding hydrogens is 326 g/mol. The predicted molar refractivity (Wildman–Crippen MR) is 97.2 cm³/mol. The van der Waals surface area contributed by atoms with Crippen molar-refractivity contribution in [3.8, 4) is 0 Å². The molecule has 0 spiro atoms. The molecule has 1 saturated heterocycles. The topological polar surface area (TPSA) is 75.4 Å². The van der Waals surface area contributed by atoms with Crippen molar-refractivity contribution in [2.24, 2.45) is 17.1 Å². The molecule has 0 saturated carbocycles. The van der Waals surface area contributed by atoms with Crippen LogP contribution in [0.1, 0.15) is 44.0 Å². The lowest BCUT2D eigenvalue weighted by Gasteiger charge is -2.19. The van der Waals surface area contributed by atoms with Gasteiger partial charge in [-0.3, -0.25) is 9.59 Å². The Hall–Kier alpha value is -1.59. The monoisotopic (exact) mass is 351 g/mol. The minimum atomic E-state index is -0.108. The second-order valence-electron chi connectivity index (χ2n) is 7.62. The van der Waals surface area contributed by atoms with Crippen LogP contribution in [0.15, 0.2) is 18.2 Å². The van der Waals surface area contributed by atoms with Gasteiger partial charge in [0.1, 0.15) is 0 Å². The van der Waals surface area contributed by atoms with Gasteiger partial charge in [-0.1, -0.05) is 32.4 Å². The molecule has 132 valence electrons. The average Bonchev–Trinajstić information content (AvgIpc) is 2.95. The molecule has 6 heteroatoms. The van der Waals surface area contributed by atoms with Crippen LogP contribution in [0.25, 0.3) is 0 Å². The Kier molecular flexibility index (Phi) is 5.88. The highest BCUT2D eigenvalue weighted by molar-refractivity contribution is 6.34. The molecule has 2 rings (SSSR count). The molecule has 1 atom stereocenters. The number of nitrogens with zero attached hydrogens (tertiary/aromatic N) is 1. The molecule has 1 fully saturated rings. The first-order valence-electron chi connectivity index (χ1n) is 8.28. The third-order valence-corrected chi connectivity index (χ3v) is 4.41. The van der Waals surface area contributed by atoms with Crippen LogP contribution in [-0.2, 0) is 4.79 Å². The van der Waals surface area contributed by atoms with E-state index in [4.69, 9.17) is 17.3 Å². The van der Waals surface area contributed by atoms with Gasteiger partial charge >= 0.3 is 0 Å². The van der Waals surface area contributed by atoms with Crippen molar-refractivity contribution in [2.45, 2.75) is 33.6 Å². The van der Waals surface area contributed by atoms with Gasteiger partial charge in [-0.05, 0) is 42.5 Å². The highest BCUT2D eigenvalue weighted by Gasteiger charge is 2.27. The number of amides is 2. The van der Waals surface area contributed by atoms with Crippen molar-refractivity contribution < 1.29 is 9.59 Å². The Balaban J connectivity index is 2.11. The minimum absolute atomic E-state index is 0.0763. The van der Waals surface area contributed by atoms with Gasteiger partial charge < -0.3 is 16.0 Å². The summed E-state index contributed by atoms with van der Waals surface area (Å²) in [7, 11) is 0. The molecule has 1 unspecified atom stereocenters. The summed E-state index contributed by atoms with van der Waals surface area (Å²) in [5, 5.41) is 3.24. The number of nitrogens with one attached hydrogen (secondary N) is 1. The molecule has 5 nitrogen and oxygen atoms in total. The lowest BCUT2D eigenvalue weighted by atomic mass is 9.92. The quantitative estimate of drug-likeness (QED) is 0.875. The minimum Gasteiger partial charge on any atom is -0.338 e. The van der Waals surface area contributed by atoms with E-state index in [-0.39, 0.29) is 17.2 Å². The Morgan fingerprint density at radius 3 is 2.67 bits per heavy atom. The summed E-state index contributed by atoms with van der Waals surface area (Å²) < 4.78 is 0. The molecule has 1 aliphatic heterocycles. The Morgan fingerprint density at radius 1 is 1.38 bits per heavy atom. The zero-order chi connectivity index (χ0) is 17.9. The van der Waals surface area contributed by atoms with Gasteiger partial charge in [0.2, 0.25) is 5.91 Å². The standard InChI is InChI=1S/C18H26ClN3O2/c1-18(2,3)9-16(23)21-13-4-5-15(19)14(8-13)17(24)22-7-6-12(10-20)11-22/h4-5,8,12H,6-7,9-11,20H2,1-3H3,(H,21,23). The van der Waals surface area contributed by atoms with E-state index in [0.717, 1.165) is 6.42 Å². The van der Waals surface area contributed by atoms with Crippen molar-refractivity contribution in [2.75, 3.05) is 25.0 Å². The normalized spacial score (nSPS) is 17.9.